The number of hydrogen-bond donors (Lipinski definition) is 2. The van der Waals surface area contributed by atoms with Crippen LogP contribution in [-0.2, 0) is 6.18 Å². The van der Waals surface area contributed by atoms with Gasteiger partial charge in [0.05, 0.1) is 17.8 Å². The number of allylic oxidation sites excluding steroid dienone is 1. The lowest BCUT2D eigenvalue weighted by Crippen LogP contribution is -2.51. The van der Waals surface area contributed by atoms with Crippen molar-refractivity contribution in [2.75, 3.05) is 0 Å². The third-order valence-corrected chi connectivity index (χ3v) is 9.54. The van der Waals surface area contributed by atoms with E-state index in [-0.39, 0.29) is 16.9 Å². The van der Waals surface area contributed by atoms with Crippen LogP contribution in [0.4, 0.5) is 13.2 Å². The molecule has 3 fully saturated rings. The van der Waals surface area contributed by atoms with Crippen molar-refractivity contribution < 1.29 is 23.4 Å². The molecule has 0 radical (unpaired) electrons. The van der Waals surface area contributed by atoms with Gasteiger partial charge >= 0.3 is 6.18 Å². The van der Waals surface area contributed by atoms with Gasteiger partial charge in [0.1, 0.15) is 0 Å². The number of rotatable bonds is 1. The van der Waals surface area contributed by atoms with Crippen LogP contribution in [0.1, 0.15) is 69.9 Å². The summed E-state index contributed by atoms with van der Waals surface area (Å²) < 4.78 is 38.7. The van der Waals surface area contributed by atoms with Crippen molar-refractivity contribution in [1.29, 1.82) is 0 Å². The fraction of sp³-hybridized carbons (Fsp3) is 0.630. The Kier molecular flexibility index (Phi) is 5.18. The second-order valence-corrected chi connectivity index (χ2v) is 11.1. The van der Waals surface area contributed by atoms with Gasteiger partial charge in [0.2, 0.25) is 0 Å². The summed E-state index contributed by atoms with van der Waals surface area (Å²) in [5.41, 5.74) is 2.41. The Balaban J connectivity index is 1.42. The molecule has 0 bridgehead atoms. The van der Waals surface area contributed by atoms with Crippen molar-refractivity contribution in [2.45, 2.75) is 77.2 Å². The van der Waals surface area contributed by atoms with Crippen LogP contribution < -0.4 is 0 Å². The molecule has 32 heavy (non-hydrogen) atoms. The molecule has 0 unspecified atom stereocenters. The molecule has 174 valence electrons. The number of hydrogen-bond acceptors (Lipinski definition) is 2. The Morgan fingerprint density at radius 3 is 2.38 bits per heavy atom. The van der Waals surface area contributed by atoms with Gasteiger partial charge in [-0.25, -0.2) is 0 Å². The summed E-state index contributed by atoms with van der Waals surface area (Å²) in [6.07, 6.45) is 5.73. The highest BCUT2D eigenvalue weighted by Crippen LogP contribution is 2.65. The molecule has 7 atom stereocenters. The summed E-state index contributed by atoms with van der Waals surface area (Å²) in [6, 6.07) is 5.23. The van der Waals surface area contributed by atoms with Crippen molar-refractivity contribution in [3.8, 4) is 0 Å². The number of fused-ring (bicyclic) bond motifs is 5. The minimum Gasteiger partial charge on any atom is -0.393 e. The summed E-state index contributed by atoms with van der Waals surface area (Å²) in [4.78, 5) is 0. The molecule has 0 saturated heterocycles. The topological polar surface area (TPSA) is 40.5 Å². The van der Waals surface area contributed by atoms with E-state index in [1.807, 2.05) is 6.08 Å². The van der Waals surface area contributed by atoms with E-state index in [4.69, 9.17) is 0 Å². The van der Waals surface area contributed by atoms with Crippen molar-refractivity contribution in [3.63, 3.8) is 0 Å². The maximum Gasteiger partial charge on any atom is 0.416 e. The molecular weight excluding hydrogens is 413 g/mol. The maximum absolute atomic E-state index is 12.9. The number of benzene rings is 1. The summed E-state index contributed by atoms with van der Waals surface area (Å²) in [6.45, 7) is 4.59. The van der Waals surface area contributed by atoms with Gasteiger partial charge in [-0.2, -0.15) is 13.2 Å². The molecule has 4 aliphatic rings. The second-order valence-electron chi connectivity index (χ2n) is 11.1. The lowest BCUT2D eigenvalue weighted by molar-refractivity contribution is -0.137. The van der Waals surface area contributed by atoms with Crippen LogP contribution in [0.3, 0.4) is 0 Å². The van der Waals surface area contributed by atoms with Crippen LogP contribution in [0.5, 0.6) is 0 Å². The van der Waals surface area contributed by atoms with Crippen molar-refractivity contribution in [2.24, 2.45) is 28.6 Å². The average Bonchev–Trinajstić information content (AvgIpc) is 2.99. The van der Waals surface area contributed by atoms with Gasteiger partial charge in [0, 0.05) is 5.41 Å². The molecular formula is C27H33F3O2. The largest absolute Gasteiger partial charge is 0.416 e. The monoisotopic (exact) mass is 446 g/mol. The van der Waals surface area contributed by atoms with E-state index < -0.39 is 17.8 Å². The Morgan fingerprint density at radius 2 is 1.69 bits per heavy atom. The molecule has 1 aromatic rings. The van der Waals surface area contributed by atoms with Crippen LogP contribution >= 0.6 is 0 Å². The highest BCUT2D eigenvalue weighted by Gasteiger charge is 2.59. The van der Waals surface area contributed by atoms with E-state index in [0.29, 0.717) is 23.3 Å². The standard InChI is InChI=1S/C27H33F3O2/c1-25-11-9-20(31)15-19(25)7-8-21-22(25)10-12-26(2)23(21)14-17(24(26)32)13-16-3-5-18(6-4-16)27(28,29)30/h3-7,13,20-24,31-32H,8-12,14-15H2,1-2H3/b17-13+/t20-,21+,22-,23-,24+,25+,26+/m1/s1. The third kappa shape index (κ3) is 3.38. The number of aliphatic hydroxyl groups excluding tert-OH is 2. The molecule has 0 aliphatic heterocycles. The first-order valence-corrected chi connectivity index (χ1v) is 12.0. The number of alkyl halides is 3. The predicted molar refractivity (Wildman–Crippen MR) is 119 cm³/mol. The maximum atomic E-state index is 12.9. The normalized spacial score (nSPS) is 42.8. The Bertz CT molecular complexity index is 947. The van der Waals surface area contributed by atoms with E-state index in [2.05, 4.69) is 19.9 Å². The molecule has 3 saturated carbocycles. The summed E-state index contributed by atoms with van der Waals surface area (Å²) in [7, 11) is 0. The Labute approximate surface area is 188 Å². The van der Waals surface area contributed by atoms with Gasteiger partial charge in [-0.1, -0.05) is 43.7 Å². The fourth-order valence-corrected chi connectivity index (χ4v) is 7.62. The molecule has 0 spiro atoms. The first-order chi connectivity index (χ1) is 15.0. The van der Waals surface area contributed by atoms with Gasteiger partial charge < -0.3 is 10.2 Å². The smallest absolute Gasteiger partial charge is 0.393 e. The Morgan fingerprint density at radius 1 is 0.969 bits per heavy atom. The number of halogens is 3. The van der Waals surface area contributed by atoms with Gasteiger partial charge in [0.25, 0.3) is 0 Å². The molecule has 4 aliphatic carbocycles. The Hall–Kier alpha value is -1.59. The van der Waals surface area contributed by atoms with E-state index in [0.717, 1.165) is 62.7 Å². The van der Waals surface area contributed by atoms with Gasteiger partial charge in [-0.3, -0.25) is 0 Å². The summed E-state index contributed by atoms with van der Waals surface area (Å²) in [5.74, 6) is 1.45. The second kappa shape index (κ2) is 7.46. The van der Waals surface area contributed by atoms with Gasteiger partial charge in [0.15, 0.2) is 0 Å². The van der Waals surface area contributed by atoms with Crippen LogP contribution in [-0.4, -0.2) is 22.4 Å². The van der Waals surface area contributed by atoms with Crippen molar-refractivity contribution in [3.05, 3.63) is 52.6 Å². The first kappa shape index (κ1) is 22.2. The zero-order valence-electron chi connectivity index (χ0n) is 18.8. The SMILES string of the molecule is C[C@]12CC[C@@H]3[C@H](CC=C4C[C@H](O)CC[C@@]43C)[C@H]1C/C(=C\c1ccc(C(F)(F)F)cc1)[C@@H]2O. The molecule has 5 rings (SSSR count). The van der Waals surface area contributed by atoms with Crippen molar-refractivity contribution >= 4 is 6.08 Å². The van der Waals surface area contributed by atoms with E-state index >= 15 is 0 Å². The lowest BCUT2D eigenvalue weighted by Gasteiger charge is -2.57. The third-order valence-electron chi connectivity index (χ3n) is 9.54. The zero-order chi connectivity index (χ0) is 22.9. The minimum absolute atomic E-state index is 0.147. The molecule has 0 heterocycles. The van der Waals surface area contributed by atoms with Crippen LogP contribution in [0.25, 0.3) is 6.08 Å². The van der Waals surface area contributed by atoms with E-state index in [1.54, 1.807) is 0 Å². The molecule has 0 aromatic heterocycles. The molecule has 5 heteroatoms. The highest BCUT2D eigenvalue weighted by atomic mass is 19.4. The number of aliphatic hydroxyl groups is 2. The van der Waals surface area contributed by atoms with Crippen LogP contribution in [0.15, 0.2) is 41.5 Å². The zero-order valence-corrected chi connectivity index (χ0v) is 18.8. The van der Waals surface area contributed by atoms with Crippen LogP contribution in [0.2, 0.25) is 0 Å². The van der Waals surface area contributed by atoms with Gasteiger partial charge in [-0.15, -0.1) is 0 Å². The van der Waals surface area contributed by atoms with Gasteiger partial charge in [-0.05, 0) is 91.4 Å². The van der Waals surface area contributed by atoms with E-state index in [9.17, 15) is 23.4 Å². The quantitative estimate of drug-likeness (QED) is 0.491. The fourth-order valence-electron chi connectivity index (χ4n) is 7.62. The van der Waals surface area contributed by atoms with E-state index in [1.165, 1.54) is 17.7 Å². The van der Waals surface area contributed by atoms with Crippen molar-refractivity contribution in [1.82, 2.24) is 0 Å². The highest BCUT2D eigenvalue weighted by molar-refractivity contribution is 5.56. The van der Waals surface area contributed by atoms with Crippen LogP contribution in [0, 0.1) is 28.6 Å². The predicted octanol–water partition coefficient (Wildman–Crippen LogP) is 6.38. The summed E-state index contributed by atoms with van der Waals surface area (Å²) in [5, 5.41) is 21.5. The summed E-state index contributed by atoms with van der Waals surface area (Å²) >= 11 is 0. The minimum atomic E-state index is -4.34. The molecule has 1 aromatic carbocycles. The molecule has 0 amide bonds. The lowest BCUT2D eigenvalue weighted by atomic mass is 9.48. The molecule has 2 N–H and O–H groups in total. The average molecular weight is 447 g/mol. The first-order valence-electron chi connectivity index (χ1n) is 12.0. The molecule has 2 nitrogen and oxygen atoms in total.